The number of amides is 1. The molecule has 0 saturated heterocycles. The summed E-state index contributed by atoms with van der Waals surface area (Å²) < 4.78 is 5.26. The average molecular weight is 452 g/mol. The highest BCUT2D eigenvalue weighted by molar-refractivity contribution is 6.36. The Morgan fingerprint density at radius 3 is 2.32 bits per heavy atom. The minimum atomic E-state index is -0.495. The van der Waals surface area contributed by atoms with Crippen LogP contribution < -0.4 is 10.1 Å². The van der Waals surface area contributed by atoms with Gasteiger partial charge in [0.15, 0.2) is 11.6 Å². The van der Waals surface area contributed by atoms with E-state index in [9.17, 15) is 14.4 Å². The SMILES string of the molecule is COc1c(Cl)cc(Cl)cc1C=CC(=O)Nc1cccc2c1C(=O)c1ccccc1C2=O. The molecule has 1 N–H and O–H groups in total. The second-order valence-electron chi connectivity index (χ2n) is 6.76. The fourth-order valence-electron chi connectivity index (χ4n) is 3.51. The first-order chi connectivity index (χ1) is 14.9. The molecule has 0 fully saturated rings. The smallest absolute Gasteiger partial charge is 0.248 e. The lowest BCUT2D eigenvalue weighted by atomic mass is 9.83. The Kier molecular flexibility index (Phi) is 5.63. The van der Waals surface area contributed by atoms with E-state index in [1.54, 1.807) is 48.5 Å². The molecule has 0 aliphatic heterocycles. The standard InChI is InChI=1S/C24H15Cl2NO4/c1-31-24-13(11-14(25)12-18(24)26)9-10-20(28)27-19-8-4-7-17-21(19)23(30)16-6-3-2-5-15(16)22(17)29/h2-12H,1H3,(H,27,28). The van der Waals surface area contributed by atoms with Gasteiger partial charge >= 0.3 is 0 Å². The van der Waals surface area contributed by atoms with Crippen molar-refractivity contribution < 1.29 is 19.1 Å². The molecule has 1 aliphatic carbocycles. The van der Waals surface area contributed by atoms with Crippen LogP contribution in [0.5, 0.6) is 5.75 Å². The topological polar surface area (TPSA) is 72.5 Å². The van der Waals surface area contributed by atoms with Gasteiger partial charge in [0.25, 0.3) is 0 Å². The Labute approximate surface area is 188 Å². The van der Waals surface area contributed by atoms with Crippen molar-refractivity contribution in [3.63, 3.8) is 0 Å². The third kappa shape index (κ3) is 3.85. The van der Waals surface area contributed by atoms with Crippen molar-refractivity contribution in [3.05, 3.63) is 98.5 Å². The van der Waals surface area contributed by atoms with Gasteiger partial charge in [0, 0.05) is 33.4 Å². The number of ether oxygens (including phenoxy) is 1. The summed E-state index contributed by atoms with van der Waals surface area (Å²) in [4.78, 5) is 38.4. The molecule has 0 radical (unpaired) electrons. The lowest BCUT2D eigenvalue weighted by molar-refractivity contribution is -0.111. The van der Waals surface area contributed by atoms with Crippen LogP contribution in [0.15, 0.2) is 60.7 Å². The molecule has 0 saturated carbocycles. The van der Waals surface area contributed by atoms with Gasteiger partial charge in [-0.05, 0) is 24.3 Å². The van der Waals surface area contributed by atoms with Gasteiger partial charge in [-0.3, -0.25) is 14.4 Å². The Morgan fingerprint density at radius 1 is 0.935 bits per heavy atom. The largest absolute Gasteiger partial charge is 0.495 e. The Morgan fingerprint density at radius 2 is 1.61 bits per heavy atom. The van der Waals surface area contributed by atoms with E-state index < -0.39 is 5.91 Å². The first kappa shape index (κ1) is 20.8. The van der Waals surface area contributed by atoms with E-state index in [1.165, 1.54) is 25.3 Å². The van der Waals surface area contributed by atoms with Gasteiger partial charge in [0.05, 0.1) is 23.4 Å². The second kappa shape index (κ2) is 8.38. The van der Waals surface area contributed by atoms with Crippen LogP contribution in [0.2, 0.25) is 10.0 Å². The minimum absolute atomic E-state index is 0.177. The molecule has 1 aliphatic rings. The highest BCUT2D eigenvalue weighted by atomic mass is 35.5. The van der Waals surface area contributed by atoms with E-state index in [0.717, 1.165) is 0 Å². The van der Waals surface area contributed by atoms with Crippen molar-refractivity contribution in [2.24, 2.45) is 0 Å². The Bertz CT molecular complexity index is 1280. The van der Waals surface area contributed by atoms with Gasteiger partial charge in [-0.25, -0.2) is 0 Å². The van der Waals surface area contributed by atoms with Crippen LogP contribution in [0.3, 0.4) is 0 Å². The highest BCUT2D eigenvalue weighted by Crippen LogP contribution is 2.34. The number of carbonyl (C=O) groups excluding carboxylic acids is 3. The molecular formula is C24H15Cl2NO4. The van der Waals surface area contributed by atoms with Gasteiger partial charge in [0.2, 0.25) is 5.91 Å². The third-order valence-corrected chi connectivity index (χ3v) is 5.36. The summed E-state index contributed by atoms with van der Waals surface area (Å²) >= 11 is 12.1. The number of benzene rings is 3. The number of nitrogens with one attached hydrogen (secondary N) is 1. The summed E-state index contributed by atoms with van der Waals surface area (Å²) in [5.41, 5.74) is 1.88. The molecule has 31 heavy (non-hydrogen) atoms. The molecular weight excluding hydrogens is 437 g/mol. The van der Waals surface area contributed by atoms with Gasteiger partial charge in [-0.1, -0.05) is 59.6 Å². The maximum absolute atomic E-state index is 13.0. The zero-order valence-corrected chi connectivity index (χ0v) is 17.8. The number of fused-ring (bicyclic) bond motifs is 2. The normalized spacial score (nSPS) is 12.5. The first-order valence-corrected chi connectivity index (χ1v) is 10.00. The van der Waals surface area contributed by atoms with Crippen LogP contribution in [0.25, 0.3) is 6.08 Å². The fraction of sp³-hybridized carbons (Fsp3) is 0.0417. The molecule has 4 rings (SSSR count). The number of ketones is 2. The van der Waals surface area contributed by atoms with Crippen LogP contribution in [-0.2, 0) is 4.79 Å². The molecule has 7 heteroatoms. The number of carbonyl (C=O) groups is 3. The molecule has 3 aromatic rings. The van der Waals surface area contributed by atoms with E-state index in [0.29, 0.717) is 32.5 Å². The van der Waals surface area contributed by atoms with Crippen molar-refractivity contribution in [1.82, 2.24) is 0 Å². The van der Waals surface area contributed by atoms with Crippen molar-refractivity contribution in [3.8, 4) is 5.75 Å². The number of halogens is 2. The van der Waals surface area contributed by atoms with Crippen molar-refractivity contribution >= 4 is 52.4 Å². The number of hydrogen-bond acceptors (Lipinski definition) is 4. The third-order valence-electron chi connectivity index (χ3n) is 4.87. The summed E-state index contributed by atoms with van der Waals surface area (Å²) in [6.07, 6.45) is 2.77. The quantitative estimate of drug-likeness (QED) is 0.419. The summed E-state index contributed by atoms with van der Waals surface area (Å²) in [5, 5.41) is 3.39. The first-order valence-electron chi connectivity index (χ1n) is 9.24. The number of methoxy groups -OCH3 is 1. The minimum Gasteiger partial charge on any atom is -0.495 e. The lowest BCUT2D eigenvalue weighted by Gasteiger charge is -2.20. The molecule has 3 aromatic carbocycles. The number of hydrogen-bond donors (Lipinski definition) is 1. The molecule has 0 atom stereocenters. The van der Waals surface area contributed by atoms with E-state index in [2.05, 4.69) is 5.32 Å². The number of rotatable bonds is 4. The molecule has 5 nitrogen and oxygen atoms in total. The molecule has 0 heterocycles. The Balaban J connectivity index is 1.65. The van der Waals surface area contributed by atoms with E-state index >= 15 is 0 Å². The monoisotopic (exact) mass is 451 g/mol. The zero-order chi connectivity index (χ0) is 22.1. The molecule has 1 amide bonds. The predicted molar refractivity (Wildman–Crippen MR) is 120 cm³/mol. The lowest BCUT2D eigenvalue weighted by Crippen LogP contribution is -2.23. The highest BCUT2D eigenvalue weighted by Gasteiger charge is 2.31. The maximum atomic E-state index is 13.0. The van der Waals surface area contributed by atoms with Gasteiger partial charge in [-0.15, -0.1) is 0 Å². The van der Waals surface area contributed by atoms with Gasteiger partial charge in [-0.2, -0.15) is 0 Å². The summed E-state index contributed by atoms with van der Waals surface area (Å²) in [6, 6.07) is 14.6. The summed E-state index contributed by atoms with van der Waals surface area (Å²) in [7, 11) is 1.46. The van der Waals surface area contributed by atoms with Crippen LogP contribution in [0.4, 0.5) is 5.69 Å². The van der Waals surface area contributed by atoms with E-state index in [4.69, 9.17) is 27.9 Å². The van der Waals surface area contributed by atoms with Crippen molar-refractivity contribution in [2.75, 3.05) is 12.4 Å². The van der Waals surface area contributed by atoms with Gasteiger partial charge < -0.3 is 10.1 Å². The fourth-order valence-corrected chi connectivity index (χ4v) is 4.09. The summed E-state index contributed by atoms with van der Waals surface area (Å²) in [6.45, 7) is 0. The van der Waals surface area contributed by atoms with Crippen LogP contribution in [0, 0.1) is 0 Å². The number of anilines is 1. The average Bonchev–Trinajstić information content (AvgIpc) is 2.75. The molecule has 0 unspecified atom stereocenters. The van der Waals surface area contributed by atoms with E-state index in [1.807, 2.05) is 0 Å². The van der Waals surface area contributed by atoms with Crippen LogP contribution >= 0.6 is 23.2 Å². The molecule has 0 bridgehead atoms. The Hall–Kier alpha value is -3.41. The molecule has 0 aromatic heterocycles. The maximum Gasteiger partial charge on any atom is 0.248 e. The molecule has 154 valence electrons. The second-order valence-corrected chi connectivity index (χ2v) is 7.61. The van der Waals surface area contributed by atoms with Gasteiger partial charge in [0.1, 0.15) is 5.75 Å². The predicted octanol–water partition coefficient (Wildman–Crippen LogP) is 5.43. The van der Waals surface area contributed by atoms with Crippen LogP contribution in [-0.4, -0.2) is 24.6 Å². The van der Waals surface area contributed by atoms with Crippen LogP contribution in [0.1, 0.15) is 37.4 Å². The van der Waals surface area contributed by atoms with Crippen molar-refractivity contribution in [2.45, 2.75) is 0 Å². The summed E-state index contributed by atoms with van der Waals surface area (Å²) in [5.74, 6) is -0.682. The zero-order valence-electron chi connectivity index (χ0n) is 16.2. The molecule has 0 spiro atoms. The van der Waals surface area contributed by atoms with E-state index in [-0.39, 0.29) is 28.4 Å². The van der Waals surface area contributed by atoms with Crippen molar-refractivity contribution in [1.29, 1.82) is 0 Å².